The van der Waals surface area contributed by atoms with Crippen molar-refractivity contribution in [3.8, 4) is 0 Å². The van der Waals surface area contributed by atoms with Crippen LogP contribution in [0.2, 0.25) is 0 Å². The average Bonchev–Trinajstić information content (AvgIpc) is 2.90. The quantitative estimate of drug-likeness (QED) is 0.911. The molecule has 1 aromatic heterocycles. The molecule has 0 atom stereocenters. The van der Waals surface area contributed by atoms with Crippen LogP contribution in [0.15, 0.2) is 12.1 Å². The molecule has 1 aromatic carbocycles. The van der Waals surface area contributed by atoms with Gasteiger partial charge in [0.15, 0.2) is 5.13 Å². The molecule has 0 aliphatic carbocycles. The third-order valence-electron chi connectivity index (χ3n) is 3.69. The Kier molecular flexibility index (Phi) is 3.98. The van der Waals surface area contributed by atoms with E-state index in [1.165, 1.54) is 16.2 Å². The van der Waals surface area contributed by atoms with E-state index < -0.39 is 0 Å². The number of aryl methyl sites for hydroxylation is 2. The summed E-state index contributed by atoms with van der Waals surface area (Å²) in [7, 11) is 0. The number of benzene rings is 1. The van der Waals surface area contributed by atoms with Crippen molar-refractivity contribution in [2.24, 2.45) is 0 Å². The van der Waals surface area contributed by atoms with Gasteiger partial charge in [0.1, 0.15) is 6.54 Å². The molecule has 116 valence electrons. The minimum absolute atomic E-state index is 0.0553. The fraction of sp³-hybridized carbons (Fsp3) is 0.400. The highest BCUT2D eigenvalue weighted by Crippen LogP contribution is 2.30. The maximum absolute atomic E-state index is 12.1. The van der Waals surface area contributed by atoms with E-state index in [4.69, 9.17) is 0 Å². The molecule has 0 radical (unpaired) electrons. The number of thiazole rings is 1. The van der Waals surface area contributed by atoms with E-state index in [1.54, 1.807) is 0 Å². The maximum Gasteiger partial charge on any atom is 0.317 e. The second kappa shape index (κ2) is 5.92. The molecule has 3 amide bonds. The van der Waals surface area contributed by atoms with Crippen LogP contribution in [0.25, 0.3) is 10.2 Å². The number of carbonyl (C=O) groups is 2. The van der Waals surface area contributed by atoms with Crippen LogP contribution < -0.4 is 10.6 Å². The van der Waals surface area contributed by atoms with Crippen LogP contribution in [-0.4, -0.2) is 41.5 Å². The number of urea groups is 1. The predicted octanol–water partition coefficient (Wildman–Crippen LogP) is 2.27. The SMILES string of the molecule is Cc1ccc(C)c2sc(NC(=O)CN3CCCNC3=O)nc12. The molecular weight excluding hydrogens is 300 g/mol. The van der Waals surface area contributed by atoms with Crippen LogP contribution in [0, 0.1) is 13.8 Å². The average molecular weight is 318 g/mol. The monoisotopic (exact) mass is 318 g/mol. The summed E-state index contributed by atoms with van der Waals surface area (Å²) < 4.78 is 1.09. The second-order valence-corrected chi connectivity index (χ2v) is 6.45. The molecule has 2 N–H and O–H groups in total. The molecule has 0 bridgehead atoms. The van der Waals surface area contributed by atoms with E-state index in [0.29, 0.717) is 18.2 Å². The van der Waals surface area contributed by atoms with Gasteiger partial charge in [-0.3, -0.25) is 4.79 Å². The summed E-state index contributed by atoms with van der Waals surface area (Å²) >= 11 is 1.47. The predicted molar refractivity (Wildman–Crippen MR) is 87.3 cm³/mol. The van der Waals surface area contributed by atoms with Crippen molar-refractivity contribution in [3.05, 3.63) is 23.3 Å². The van der Waals surface area contributed by atoms with Gasteiger partial charge in [-0.25, -0.2) is 9.78 Å². The number of rotatable bonds is 3. The molecule has 22 heavy (non-hydrogen) atoms. The van der Waals surface area contributed by atoms with E-state index in [1.807, 2.05) is 19.9 Å². The lowest BCUT2D eigenvalue weighted by molar-refractivity contribution is -0.116. The highest BCUT2D eigenvalue weighted by molar-refractivity contribution is 7.22. The van der Waals surface area contributed by atoms with Crippen molar-refractivity contribution in [3.63, 3.8) is 0 Å². The largest absolute Gasteiger partial charge is 0.338 e. The molecule has 3 rings (SSSR count). The van der Waals surface area contributed by atoms with E-state index >= 15 is 0 Å². The first-order valence-electron chi connectivity index (χ1n) is 7.24. The second-order valence-electron chi connectivity index (χ2n) is 5.45. The van der Waals surface area contributed by atoms with Crippen molar-refractivity contribution < 1.29 is 9.59 Å². The first-order valence-corrected chi connectivity index (χ1v) is 8.05. The summed E-state index contributed by atoms with van der Waals surface area (Å²) in [6.45, 7) is 5.37. The molecule has 0 spiro atoms. The minimum atomic E-state index is -0.216. The Labute approximate surface area is 132 Å². The fourth-order valence-electron chi connectivity index (χ4n) is 2.47. The summed E-state index contributed by atoms with van der Waals surface area (Å²) in [4.78, 5) is 29.8. The van der Waals surface area contributed by atoms with Crippen LogP contribution in [0.3, 0.4) is 0 Å². The Balaban J connectivity index is 1.73. The van der Waals surface area contributed by atoms with Gasteiger partial charge in [0, 0.05) is 13.1 Å². The maximum atomic E-state index is 12.1. The Morgan fingerprint density at radius 1 is 1.41 bits per heavy atom. The van der Waals surface area contributed by atoms with Crippen molar-refractivity contribution >= 4 is 38.6 Å². The normalized spacial score (nSPS) is 15.0. The van der Waals surface area contributed by atoms with Crippen LogP contribution in [-0.2, 0) is 4.79 Å². The topological polar surface area (TPSA) is 74.3 Å². The van der Waals surface area contributed by atoms with Crippen molar-refractivity contribution in [2.45, 2.75) is 20.3 Å². The third-order valence-corrected chi connectivity index (χ3v) is 4.80. The van der Waals surface area contributed by atoms with Crippen molar-refractivity contribution in [1.82, 2.24) is 15.2 Å². The minimum Gasteiger partial charge on any atom is -0.338 e. The van der Waals surface area contributed by atoms with Crippen LogP contribution >= 0.6 is 11.3 Å². The van der Waals surface area contributed by atoms with Gasteiger partial charge in [-0.2, -0.15) is 0 Å². The Bertz CT molecular complexity index is 701. The number of hydrogen-bond acceptors (Lipinski definition) is 4. The van der Waals surface area contributed by atoms with E-state index in [-0.39, 0.29) is 18.5 Å². The van der Waals surface area contributed by atoms with Gasteiger partial charge in [0.05, 0.1) is 10.2 Å². The van der Waals surface area contributed by atoms with Crippen LogP contribution in [0.1, 0.15) is 17.5 Å². The molecular formula is C15H18N4O2S. The number of nitrogens with zero attached hydrogens (tertiary/aromatic N) is 2. The summed E-state index contributed by atoms with van der Waals surface area (Å²) in [6, 6.07) is 3.90. The number of carbonyl (C=O) groups excluding carboxylic acids is 2. The number of nitrogens with one attached hydrogen (secondary N) is 2. The zero-order chi connectivity index (χ0) is 15.7. The number of anilines is 1. The van der Waals surface area contributed by atoms with Gasteiger partial charge in [-0.1, -0.05) is 23.5 Å². The standard InChI is InChI=1S/C15H18N4O2S/c1-9-4-5-10(2)13-12(9)18-14(22-13)17-11(20)8-19-7-3-6-16-15(19)21/h4-5H,3,6-8H2,1-2H3,(H,16,21)(H,17,18,20). The van der Waals surface area contributed by atoms with Gasteiger partial charge in [-0.05, 0) is 31.4 Å². The molecule has 1 fully saturated rings. The Hall–Kier alpha value is -2.15. The van der Waals surface area contributed by atoms with Gasteiger partial charge in [0.25, 0.3) is 0 Å². The number of aromatic nitrogens is 1. The molecule has 2 aromatic rings. The molecule has 0 unspecified atom stereocenters. The lowest BCUT2D eigenvalue weighted by Gasteiger charge is -2.26. The zero-order valence-corrected chi connectivity index (χ0v) is 13.4. The van der Waals surface area contributed by atoms with Gasteiger partial charge in [-0.15, -0.1) is 0 Å². The third kappa shape index (κ3) is 2.89. The van der Waals surface area contributed by atoms with Crippen LogP contribution in [0.4, 0.5) is 9.93 Å². The fourth-order valence-corrected chi connectivity index (χ4v) is 3.50. The van der Waals surface area contributed by atoms with Gasteiger partial charge >= 0.3 is 6.03 Å². The molecule has 7 heteroatoms. The zero-order valence-electron chi connectivity index (χ0n) is 12.6. The molecule has 1 saturated heterocycles. The highest BCUT2D eigenvalue weighted by atomic mass is 32.1. The summed E-state index contributed by atoms with van der Waals surface area (Å²) in [5.74, 6) is -0.216. The molecule has 0 saturated carbocycles. The molecule has 1 aliphatic heterocycles. The molecule has 1 aliphatic rings. The van der Waals surface area contributed by atoms with Gasteiger partial charge < -0.3 is 15.5 Å². The van der Waals surface area contributed by atoms with E-state index in [9.17, 15) is 9.59 Å². The Morgan fingerprint density at radius 2 is 2.18 bits per heavy atom. The molecule has 2 heterocycles. The molecule has 6 nitrogen and oxygen atoms in total. The lowest BCUT2D eigenvalue weighted by Crippen LogP contribution is -2.49. The smallest absolute Gasteiger partial charge is 0.317 e. The van der Waals surface area contributed by atoms with E-state index in [0.717, 1.165) is 27.8 Å². The van der Waals surface area contributed by atoms with Gasteiger partial charge in [0.2, 0.25) is 5.91 Å². The number of fused-ring (bicyclic) bond motifs is 1. The highest BCUT2D eigenvalue weighted by Gasteiger charge is 2.20. The lowest BCUT2D eigenvalue weighted by atomic mass is 10.1. The number of hydrogen-bond donors (Lipinski definition) is 2. The summed E-state index contributed by atoms with van der Waals surface area (Å²) in [6.07, 6.45) is 0.860. The van der Waals surface area contributed by atoms with Crippen molar-refractivity contribution in [2.75, 3.05) is 25.0 Å². The summed E-state index contributed by atoms with van der Waals surface area (Å²) in [5.41, 5.74) is 3.16. The first kappa shape index (κ1) is 14.8. The Morgan fingerprint density at radius 3 is 2.91 bits per heavy atom. The first-order chi connectivity index (χ1) is 10.5. The summed E-state index contributed by atoms with van der Waals surface area (Å²) in [5, 5.41) is 6.11. The van der Waals surface area contributed by atoms with E-state index in [2.05, 4.69) is 21.7 Å². The number of amides is 3. The van der Waals surface area contributed by atoms with Crippen molar-refractivity contribution in [1.29, 1.82) is 0 Å². The van der Waals surface area contributed by atoms with Crippen LogP contribution in [0.5, 0.6) is 0 Å².